The molecule has 0 bridgehead atoms. The van der Waals surface area contributed by atoms with Crippen LogP contribution in [0.3, 0.4) is 0 Å². The maximum Gasteiger partial charge on any atom is 0.220 e. The molecule has 2 atom stereocenters. The molecule has 4 heteroatoms. The smallest absolute Gasteiger partial charge is 0.220 e. The predicted octanol–water partition coefficient (Wildman–Crippen LogP) is 21.3. The third kappa shape index (κ3) is 56.0. The number of hydrogen-bond donors (Lipinski definition) is 3. The zero-order valence-electron chi connectivity index (χ0n) is 46.9. The minimum atomic E-state index is -0.836. The highest BCUT2D eigenvalue weighted by atomic mass is 16.3. The number of aliphatic hydroxyl groups is 2. The van der Waals surface area contributed by atoms with E-state index in [4.69, 9.17) is 0 Å². The first-order valence-corrected chi connectivity index (χ1v) is 31.9. The number of unbranched alkanes of at least 4 members (excludes halogenated alkanes) is 53. The molecule has 4 nitrogen and oxygen atoms in total. The number of rotatable bonds is 60. The second-order valence-corrected chi connectivity index (χ2v) is 22.2. The van der Waals surface area contributed by atoms with Crippen molar-refractivity contribution in [1.29, 1.82) is 0 Å². The molecule has 0 radical (unpaired) electrons. The number of carbonyl (C=O) groups excluding carboxylic acids is 1. The van der Waals surface area contributed by atoms with Gasteiger partial charge in [0.1, 0.15) is 0 Å². The zero-order valence-corrected chi connectivity index (χ0v) is 46.9. The summed E-state index contributed by atoms with van der Waals surface area (Å²) in [5.41, 5.74) is 0. The van der Waals surface area contributed by atoms with Crippen molar-refractivity contribution >= 4 is 5.91 Å². The molecule has 68 heavy (non-hydrogen) atoms. The van der Waals surface area contributed by atoms with Crippen LogP contribution < -0.4 is 5.32 Å². The quantitative estimate of drug-likeness (QED) is 0.0420. The van der Waals surface area contributed by atoms with Crippen LogP contribution in [-0.4, -0.2) is 34.9 Å². The molecule has 0 saturated carbocycles. The molecule has 0 aromatic rings. The van der Waals surface area contributed by atoms with Gasteiger partial charge in [-0.3, -0.25) is 4.79 Å². The summed E-state index contributed by atoms with van der Waals surface area (Å²) in [4.78, 5) is 12.5. The number of allylic oxidation sites excluding steroid dienone is 1. The summed E-state index contributed by atoms with van der Waals surface area (Å²) in [7, 11) is 0. The van der Waals surface area contributed by atoms with Crippen LogP contribution in [-0.2, 0) is 4.79 Å². The average molecular weight is 959 g/mol. The molecule has 0 saturated heterocycles. The molecular formula is C64H127NO3. The standard InChI is InChI=1S/C64H127NO3/c1-3-5-7-9-11-13-15-17-19-21-23-25-27-29-31-32-33-34-36-38-40-42-44-46-48-50-52-54-56-58-60-64(68)65-62(61-66)63(67)59-57-55-53-51-49-47-45-43-41-39-37-35-30-28-26-24-22-20-18-16-14-12-10-8-6-4-2/h57,59,62-63,66-67H,3-56,58,60-61H2,1-2H3,(H,65,68)/b59-57+. The fourth-order valence-electron chi connectivity index (χ4n) is 10.4. The largest absolute Gasteiger partial charge is 0.394 e. The first-order valence-electron chi connectivity index (χ1n) is 31.9. The lowest BCUT2D eigenvalue weighted by Gasteiger charge is -2.20. The van der Waals surface area contributed by atoms with Crippen LogP contribution in [0.5, 0.6) is 0 Å². The minimum Gasteiger partial charge on any atom is -0.394 e. The van der Waals surface area contributed by atoms with Gasteiger partial charge in [0.05, 0.1) is 18.8 Å². The van der Waals surface area contributed by atoms with E-state index in [1.165, 1.54) is 327 Å². The maximum absolute atomic E-state index is 12.5. The van der Waals surface area contributed by atoms with Crippen LogP contribution in [0.4, 0.5) is 0 Å². The van der Waals surface area contributed by atoms with Crippen molar-refractivity contribution in [2.75, 3.05) is 6.61 Å². The van der Waals surface area contributed by atoms with E-state index in [1.54, 1.807) is 6.08 Å². The lowest BCUT2D eigenvalue weighted by molar-refractivity contribution is -0.123. The summed E-state index contributed by atoms with van der Waals surface area (Å²) in [6, 6.07) is -0.619. The molecule has 0 fully saturated rings. The topological polar surface area (TPSA) is 69.6 Å². The third-order valence-corrected chi connectivity index (χ3v) is 15.3. The Hall–Kier alpha value is -0.870. The van der Waals surface area contributed by atoms with Crippen molar-refractivity contribution in [2.24, 2.45) is 0 Å². The molecule has 0 heterocycles. The molecule has 3 N–H and O–H groups in total. The normalized spacial score (nSPS) is 12.7. The zero-order chi connectivity index (χ0) is 49.2. The fourth-order valence-corrected chi connectivity index (χ4v) is 10.4. The van der Waals surface area contributed by atoms with E-state index in [9.17, 15) is 15.0 Å². The molecule has 0 spiro atoms. The summed E-state index contributed by atoms with van der Waals surface area (Å²) < 4.78 is 0. The van der Waals surface area contributed by atoms with E-state index in [-0.39, 0.29) is 12.5 Å². The van der Waals surface area contributed by atoms with Gasteiger partial charge in [0.2, 0.25) is 5.91 Å². The first-order chi connectivity index (χ1) is 33.7. The van der Waals surface area contributed by atoms with Gasteiger partial charge >= 0.3 is 0 Å². The Bertz CT molecular complexity index is 952. The molecule has 0 aliphatic rings. The van der Waals surface area contributed by atoms with Crippen LogP contribution in [0.2, 0.25) is 0 Å². The van der Waals surface area contributed by atoms with Crippen molar-refractivity contribution in [3.63, 3.8) is 0 Å². The van der Waals surface area contributed by atoms with Gasteiger partial charge in [-0.15, -0.1) is 0 Å². The molecule has 0 aromatic heterocycles. The first kappa shape index (κ1) is 67.1. The van der Waals surface area contributed by atoms with E-state index >= 15 is 0 Å². The Labute approximate surface area is 428 Å². The lowest BCUT2D eigenvalue weighted by Crippen LogP contribution is -2.45. The highest BCUT2D eigenvalue weighted by molar-refractivity contribution is 5.76. The van der Waals surface area contributed by atoms with E-state index in [0.717, 1.165) is 25.7 Å². The van der Waals surface area contributed by atoms with E-state index in [1.807, 2.05) is 6.08 Å². The summed E-state index contributed by atoms with van der Waals surface area (Å²) in [5, 5.41) is 23.3. The molecule has 0 aliphatic heterocycles. The van der Waals surface area contributed by atoms with Crippen molar-refractivity contribution in [1.82, 2.24) is 5.32 Å². The predicted molar refractivity (Wildman–Crippen MR) is 304 cm³/mol. The Morgan fingerprint density at radius 1 is 0.338 bits per heavy atom. The lowest BCUT2D eigenvalue weighted by atomic mass is 10.0. The van der Waals surface area contributed by atoms with Gasteiger partial charge in [-0.2, -0.15) is 0 Å². The molecular weight excluding hydrogens is 831 g/mol. The van der Waals surface area contributed by atoms with Gasteiger partial charge in [-0.25, -0.2) is 0 Å². The van der Waals surface area contributed by atoms with Gasteiger partial charge in [0.25, 0.3) is 0 Å². The van der Waals surface area contributed by atoms with Crippen LogP contribution in [0.25, 0.3) is 0 Å². The number of carbonyl (C=O) groups is 1. The van der Waals surface area contributed by atoms with Crippen molar-refractivity contribution < 1.29 is 15.0 Å². The Morgan fingerprint density at radius 3 is 0.765 bits per heavy atom. The number of aliphatic hydroxyl groups excluding tert-OH is 2. The third-order valence-electron chi connectivity index (χ3n) is 15.3. The highest BCUT2D eigenvalue weighted by Gasteiger charge is 2.18. The molecule has 406 valence electrons. The summed E-state index contributed by atoms with van der Waals surface area (Å²) in [5.74, 6) is -0.0539. The van der Waals surface area contributed by atoms with Crippen molar-refractivity contribution in [2.45, 2.75) is 386 Å². The van der Waals surface area contributed by atoms with E-state index < -0.39 is 12.1 Å². The van der Waals surface area contributed by atoms with Crippen LogP contribution >= 0.6 is 0 Å². The number of hydrogen-bond acceptors (Lipinski definition) is 3. The van der Waals surface area contributed by atoms with Crippen LogP contribution in [0.15, 0.2) is 12.2 Å². The van der Waals surface area contributed by atoms with E-state index in [2.05, 4.69) is 19.2 Å². The van der Waals surface area contributed by atoms with Gasteiger partial charge in [-0.1, -0.05) is 360 Å². The Morgan fingerprint density at radius 2 is 0.544 bits per heavy atom. The molecule has 2 unspecified atom stereocenters. The van der Waals surface area contributed by atoms with Crippen molar-refractivity contribution in [3.8, 4) is 0 Å². The highest BCUT2D eigenvalue weighted by Crippen LogP contribution is 2.19. The average Bonchev–Trinajstić information content (AvgIpc) is 3.34. The van der Waals surface area contributed by atoms with Crippen LogP contribution in [0, 0.1) is 0 Å². The van der Waals surface area contributed by atoms with Crippen molar-refractivity contribution in [3.05, 3.63) is 12.2 Å². The molecule has 0 aromatic carbocycles. The molecule has 1 amide bonds. The summed E-state index contributed by atoms with van der Waals surface area (Å²) >= 11 is 0. The Balaban J connectivity index is 3.41. The fraction of sp³-hybridized carbons (Fsp3) is 0.953. The van der Waals surface area contributed by atoms with E-state index in [0.29, 0.717) is 6.42 Å². The number of nitrogens with one attached hydrogen (secondary N) is 1. The van der Waals surface area contributed by atoms with Gasteiger partial charge in [0.15, 0.2) is 0 Å². The minimum absolute atomic E-state index is 0.0539. The summed E-state index contributed by atoms with van der Waals surface area (Å²) in [6.07, 6.45) is 79.9. The van der Waals surface area contributed by atoms with Gasteiger partial charge in [0, 0.05) is 6.42 Å². The molecule has 0 aliphatic carbocycles. The van der Waals surface area contributed by atoms with Gasteiger partial charge < -0.3 is 15.5 Å². The second-order valence-electron chi connectivity index (χ2n) is 22.2. The van der Waals surface area contributed by atoms with Gasteiger partial charge in [-0.05, 0) is 19.3 Å². The maximum atomic E-state index is 12.5. The monoisotopic (exact) mass is 958 g/mol. The Kier molecular flexibility index (Phi) is 59.7. The SMILES string of the molecule is CCCCCCCCCCCCCCCCCCCCCCCCCC/C=C/C(O)C(CO)NC(=O)CCCCCCCCCCCCCCCCCCCCCCCCCCCCCCCC. The van der Waals surface area contributed by atoms with Crippen LogP contribution in [0.1, 0.15) is 373 Å². The molecule has 0 rings (SSSR count). The summed E-state index contributed by atoms with van der Waals surface area (Å²) in [6.45, 7) is 4.36. The number of amides is 1. The second kappa shape index (κ2) is 60.4.